The molecule has 0 amide bonds. The van der Waals surface area contributed by atoms with Gasteiger partial charge in [0.2, 0.25) is 0 Å². The second-order valence-corrected chi connectivity index (χ2v) is 7.91. The lowest BCUT2D eigenvalue weighted by atomic mass is 10.0. The Kier molecular flexibility index (Phi) is 4.19. The van der Waals surface area contributed by atoms with Crippen LogP contribution in [0, 0.1) is 18.8 Å². The quantitative estimate of drug-likeness (QED) is 0.669. The number of fused-ring (bicyclic) bond motifs is 2. The van der Waals surface area contributed by atoms with Crippen LogP contribution >= 0.6 is 0 Å². The average molecular weight is 403 g/mol. The molecule has 0 aliphatic carbocycles. The van der Waals surface area contributed by atoms with Crippen molar-refractivity contribution in [3.05, 3.63) is 47.5 Å². The molecule has 0 radical (unpaired) electrons. The number of nitrogens with zero attached hydrogens (tertiary/aromatic N) is 7. The predicted molar refractivity (Wildman–Crippen MR) is 99.2 cm³/mol. The van der Waals surface area contributed by atoms with Gasteiger partial charge in [0.25, 0.3) is 5.82 Å². The number of aryl methyl sites for hydroxylation is 1. The van der Waals surface area contributed by atoms with E-state index in [1.165, 1.54) is 11.6 Å². The van der Waals surface area contributed by atoms with Crippen molar-refractivity contribution in [3.8, 4) is 0 Å². The van der Waals surface area contributed by atoms with Crippen LogP contribution in [0.4, 0.5) is 19.0 Å². The van der Waals surface area contributed by atoms with E-state index in [0.29, 0.717) is 17.7 Å². The summed E-state index contributed by atoms with van der Waals surface area (Å²) >= 11 is 0. The molecule has 29 heavy (non-hydrogen) atoms. The van der Waals surface area contributed by atoms with Gasteiger partial charge in [-0.2, -0.15) is 17.7 Å². The van der Waals surface area contributed by atoms with E-state index in [1.54, 1.807) is 6.07 Å². The van der Waals surface area contributed by atoms with Gasteiger partial charge in [-0.25, -0.2) is 0 Å². The van der Waals surface area contributed by atoms with Gasteiger partial charge in [0.05, 0.1) is 0 Å². The van der Waals surface area contributed by atoms with Gasteiger partial charge in [-0.05, 0) is 48.6 Å². The standard InChI is InChI=1S/C19H20F3N7/c1-12-6-13(4-5-23-12)7-27-8-14-10-28(11-15(14)9-27)17-3-2-16-24-25-18(19(20,21)22)29(16)26-17/h2-6,14-15H,7-11H2,1H3. The average Bonchev–Trinajstić information content (AvgIpc) is 3.32. The van der Waals surface area contributed by atoms with Crippen molar-refractivity contribution in [3.63, 3.8) is 0 Å². The number of pyridine rings is 1. The maximum absolute atomic E-state index is 13.1. The molecule has 0 N–H and O–H groups in total. The fraction of sp³-hybridized carbons (Fsp3) is 0.474. The van der Waals surface area contributed by atoms with Crippen molar-refractivity contribution < 1.29 is 13.2 Å². The van der Waals surface area contributed by atoms with Crippen LogP contribution in [0.3, 0.4) is 0 Å². The number of rotatable bonds is 3. The molecule has 2 aliphatic heterocycles. The number of aromatic nitrogens is 5. The van der Waals surface area contributed by atoms with Gasteiger partial charge >= 0.3 is 6.18 Å². The smallest absolute Gasteiger partial charge is 0.355 e. The summed E-state index contributed by atoms with van der Waals surface area (Å²) in [4.78, 5) is 8.76. The Labute approximate surface area is 165 Å². The monoisotopic (exact) mass is 403 g/mol. The van der Waals surface area contributed by atoms with E-state index in [9.17, 15) is 13.2 Å². The molecule has 2 fully saturated rings. The normalized spacial score (nSPS) is 22.6. The fourth-order valence-corrected chi connectivity index (χ4v) is 4.49. The van der Waals surface area contributed by atoms with E-state index < -0.39 is 12.0 Å². The summed E-state index contributed by atoms with van der Waals surface area (Å²) in [5.74, 6) is 0.415. The summed E-state index contributed by atoms with van der Waals surface area (Å²) in [5.41, 5.74) is 2.37. The molecule has 0 bridgehead atoms. The first kappa shape index (κ1) is 18.3. The Balaban J connectivity index is 1.29. The van der Waals surface area contributed by atoms with Crippen LogP contribution in [0.1, 0.15) is 17.1 Å². The summed E-state index contributed by atoms with van der Waals surface area (Å²) in [6.45, 7) is 6.42. The first-order valence-electron chi connectivity index (χ1n) is 9.55. The highest BCUT2D eigenvalue weighted by Crippen LogP contribution is 2.34. The fourth-order valence-electron chi connectivity index (χ4n) is 4.49. The van der Waals surface area contributed by atoms with Crippen LogP contribution in [0.2, 0.25) is 0 Å². The molecule has 0 saturated carbocycles. The molecule has 2 saturated heterocycles. The zero-order chi connectivity index (χ0) is 20.2. The van der Waals surface area contributed by atoms with Crippen molar-refractivity contribution in [1.82, 2.24) is 29.7 Å². The minimum absolute atomic E-state index is 0.0966. The van der Waals surface area contributed by atoms with Crippen LogP contribution in [-0.2, 0) is 12.7 Å². The van der Waals surface area contributed by atoms with E-state index in [2.05, 4.69) is 36.1 Å². The first-order valence-corrected chi connectivity index (χ1v) is 9.55. The zero-order valence-electron chi connectivity index (χ0n) is 15.8. The summed E-state index contributed by atoms with van der Waals surface area (Å²) in [6, 6.07) is 7.42. The second-order valence-electron chi connectivity index (χ2n) is 7.91. The molecular weight excluding hydrogens is 383 g/mol. The summed E-state index contributed by atoms with van der Waals surface area (Å²) in [6.07, 6.45) is -2.75. The molecule has 0 spiro atoms. The molecular formula is C19H20F3N7. The Bertz CT molecular complexity index is 1030. The van der Waals surface area contributed by atoms with Crippen LogP contribution in [-0.4, -0.2) is 55.9 Å². The molecule has 2 aliphatic rings. The van der Waals surface area contributed by atoms with Crippen LogP contribution in [0.5, 0.6) is 0 Å². The number of alkyl halides is 3. The lowest BCUT2D eigenvalue weighted by Gasteiger charge is -2.22. The van der Waals surface area contributed by atoms with E-state index in [1.807, 2.05) is 19.2 Å². The molecule has 2 atom stereocenters. The first-order chi connectivity index (χ1) is 13.9. The molecule has 152 valence electrons. The van der Waals surface area contributed by atoms with Gasteiger partial charge in [0.1, 0.15) is 5.82 Å². The molecule has 10 heteroatoms. The summed E-state index contributed by atoms with van der Waals surface area (Å²) in [5, 5.41) is 11.0. The Morgan fingerprint density at radius 1 is 1.03 bits per heavy atom. The Morgan fingerprint density at radius 3 is 2.48 bits per heavy atom. The van der Waals surface area contributed by atoms with E-state index in [-0.39, 0.29) is 5.65 Å². The zero-order valence-corrected chi connectivity index (χ0v) is 15.8. The number of hydrogen-bond donors (Lipinski definition) is 0. The SMILES string of the molecule is Cc1cc(CN2CC3CN(c4ccc5nnc(C(F)(F)F)n5n4)CC3C2)ccn1. The Hall–Kier alpha value is -2.75. The number of anilines is 1. The van der Waals surface area contributed by atoms with Gasteiger partial charge in [0.15, 0.2) is 5.65 Å². The topological polar surface area (TPSA) is 62.5 Å². The largest absolute Gasteiger partial charge is 0.453 e. The van der Waals surface area contributed by atoms with Crippen molar-refractivity contribution in [2.75, 3.05) is 31.1 Å². The minimum Gasteiger partial charge on any atom is -0.355 e. The molecule has 3 aromatic rings. The van der Waals surface area contributed by atoms with Crippen molar-refractivity contribution in [2.24, 2.45) is 11.8 Å². The number of hydrogen-bond acceptors (Lipinski definition) is 6. The van der Waals surface area contributed by atoms with Gasteiger partial charge in [-0.3, -0.25) is 9.88 Å². The Morgan fingerprint density at radius 2 is 1.79 bits per heavy atom. The van der Waals surface area contributed by atoms with E-state index in [0.717, 1.165) is 42.9 Å². The van der Waals surface area contributed by atoms with Gasteiger partial charge in [-0.15, -0.1) is 15.3 Å². The highest BCUT2D eigenvalue weighted by atomic mass is 19.4. The van der Waals surface area contributed by atoms with Gasteiger partial charge < -0.3 is 4.90 Å². The minimum atomic E-state index is -4.58. The number of likely N-dealkylation sites (tertiary alicyclic amines) is 1. The number of halogens is 3. The van der Waals surface area contributed by atoms with Gasteiger partial charge in [-0.1, -0.05) is 0 Å². The molecule has 5 rings (SSSR count). The molecule has 5 heterocycles. The van der Waals surface area contributed by atoms with Crippen molar-refractivity contribution >= 4 is 11.5 Å². The third kappa shape index (κ3) is 3.41. The highest BCUT2D eigenvalue weighted by Gasteiger charge is 2.41. The third-order valence-corrected chi connectivity index (χ3v) is 5.76. The summed E-state index contributed by atoms with van der Waals surface area (Å²) in [7, 11) is 0. The molecule has 2 unspecified atom stereocenters. The lowest BCUT2D eigenvalue weighted by molar-refractivity contribution is -0.146. The van der Waals surface area contributed by atoms with E-state index >= 15 is 0 Å². The van der Waals surface area contributed by atoms with E-state index in [4.69, 9.17) is 0 Å². The van der Waals surface area contributed by atoms with Crippen molar-refractivity contribution in [1.29, 1.82) is 0 Å². The molecule has 0 aromatic carbocycles. The molecule has 7 nitrogen and oxygen atoms in total. The lowest BCUT2D eigenvalue weighted by Crippen LogP contribution is -2.29. The maximum Gasteiger partial charge on any atom is 0.453 e. The second kappa shape index (κ2) is 6.65. The van der Waals surface area contributed by atoms with Crippen LogP contribution in [0.15, 0.2) is 30.5 Å². The predicted octanol–water partition coefficient (Wildman–Crippen LogP) is 2.41. The summed E-state index contributed by atoms with van der Waals surface area (Å²) < 4.78 is 40.1. The van der Waals surface area contributed by atoms with Crippen molar-refractivity contribution in [2.45, 2.75) is 19.6 Å². The van der Waals surface area contributed by atoms with Crippen LogP contribution in [0.25, 0.3) is 5.65 Å². The molecule has 3 aromatic heterocycles. The van der Waals surface area contributed by atoms with Gasteiger partial charge in [0, 0.05) is 44.6 Å². The highest BCUT2D eigenvalue weighted by molar-refractivity contribution is 5.47. The third-order valence-electron chi connectivity index (χ3n) is 5.76. The van der Waals surface area contributed by atoms with Crippen LogP contribution < -0.4 is 4.90 Å². The maximum atomic E-state index is 13.1.